The zero-order chi connectivity index (χ0) is 13.8. The number of halogens is 3. The third kappa shape index (κ3) is 3.63. The molecule has 0 unspecified atom stereocenters. The number of rotatable bonds is 3. The molecule has 2 nitrogen and oxygen atoms in total. The van der Waals surface area contributed by atoms with Crippen LogP contribution in [0.3, 0.4) is 0 Å². The summed E-state index contributed by atoms with van der Waals surface area (Å²) in [6, 6.07) is 12.0. The standard InChI is InChI=1S/C14H10Cl3NO/c15-10-5-6-12(16)9(7-10)8-18-14(19)11-3-1-2-4-13(11)17/h1-7H,8H2,(H,18,19). The molecule has 0 radical (unpaired) electrons. The van der Waals surface area contributed by atoms with Gasteiger partial charge in [-0.05, 0) is 35.9 Å². The van der Waals surface area contributed by atoms with Crippen LogP contribution in [0.25, 0.3) is 0 Å². The molecule has 5 heteroatoms. The summed E-state index contributed by atoms with van der Waals surface area (Å²) < 4.78 is 0. The van der Waals surface area contributed by atoms with E-state index in [-0.39, 0.29) is 5.91 Å². The molecule has 19 heavy (non-hydrogen) atoms. The van der Waals surface area contributed by atoms with Crippen molar-refractivity contribution in [2.45, 2.75) is 6.54 Å². The molecule has 0 fully saturated rings. The summed E-state index contributed by atoms with van der Waals surface area (Å²) in [7, 11) is 0. The number of carbonyl (C=O) groups is 1. The zero-order valence-electron chi connectivity index (χ0n) is 9.79. The molecular formula is C14H10Cl3NO. The van der Waals surface area contributed by atoms with Gasteiger partial charge in [0.15, 0.2) is 0 Å². The van der Waals surface area contributed by atoms with Crippen molar-refractivity contribution >= 4 is 40.7 Å². The molecular weight excluding hydrogens is 305 g/mol. The number of carbonyl (C=O) groups excluding carboxylic acids is 1. The quantitative estimate of drug-likeness (QED) is 0.883. The molecule has 0 atom stereocenters. The SMILES string of the molecule is O=C(NCc1cc(Cl)ccc1Cl)c1ccccc1Cl. The maximum absolute atomic E-state index is 12.0. The number of nitrogens with one attached hydrogen (secondary N) is 1. The van der Waals surface area contributed by atoms with Gasteiger partial charge in [-0.25, -0.2) is 0 Å². The molecule has 1 amide bonds. The fraction of sp³-hybridized carbons (Fsp3) is 0.0714. The third-order valence-electron chi connectivity index (χ3n) is 2.57. The predicted molar refractivity (Wildman–Crippen MR) is 79.1 cm³/mol. The Morgan fingerprint density at radius 1 is 1.00 bits per heavy atom. The Bertz CT molecular complexity index is 613. The van der Waals surface area contributed by atoms with Crippen LogP contribution in [0.1, 0.15) is 15.9 Å². The first-order valence-corrected chi connectivity index (χ1v) is 6.68. The van der Waals surface area contributed by atoms with Crippen molar-refractivity contribution in [3.8, 4) is 0 Å². The van der Waals surface area contributed by atoms with Crippen molar-refractivity contribution in [2.75, 3.05) is 0 Å². The average Bonchev–Trinajstić information content (AvgIpc) is 2.40. The Kier molecular flexibility index (Phi) is 4.70. The topological polar surface area (TPSA) is 29.1 Å². The molecule has 0 aliphatic rings. The monoisotopic (exact) mass is 313 g/mol. The van der Waals surface area contributed by atoms with Crippen LogP contribution in [-0.4, -0.2) is 5.91 Å². The Balaban J connectivity index is 2.09. The highest BCUT2D eigenvalue weighted by atomic mass is 35.5. The van der Waals surface area contributed by atoms with Gasteiger partial charge in [0.1, 0.15) is 0 Å². The molecule has 0 bridgehead atoms. The lowest BCUT2D eigenvalue weighted by Gasteiger charge is -2.08. The van der Waals surface area contributed by atoms with E-state index in [9.17, 15) is 4.79 Å². The summed E-state index contributed by atoms with van der Waals surface area (Å²) in [4.78, 5) is 12.0. The van der Waals surface area contributed by atoms with Gasteiger partial charge in [0.25, 0.3) is 5.91 Å². The second kappa shape index (κ2) is 6.29. The first kappa shape index (κ1) is 14.2. The van der Waals surface area contributed by atoms with E-state index in [4.69, 9.17) is 34.8 Å². The van der Waals surface area contributed by atoms with Crippen LogP contribution in [0.15, 0.2) is 42.5 Å². The molecule has 0 heterocycles. The summed E-state index contributed by atoms with van der Waals surface area (Å²) in [6.07, 6.45) is 0. The summed E-state index contributed by atoms with van der Waals surface area (Å²) in [5.74, 6) is -0.248. The normalized spacial score (nSPS) is 10.3. The van der Waals surface area contributed by atoms with Crippen LogP contribution in [0.4, 0.5) is 0 Å². The Labute approximate surface area is 126 Å². The van der Waals surface area contributed by atoms with E-state index in [0.717, 1.165) is 5.56 Å². The lowest BCUT2D eigenvalue weighted by atomic mass is 10.2. The third-order valence-corrected chi connectivity index (χ3v) is 3.50. The number of amides is 1. The minimum atomic E-state index is -0.248. The van der Waals surface area contributed by atoms with Gasteiger partial charge in [-0.2, -0.15) is 0 Å². The molecule has 0 saturated carbocycles. The van der Waals surface area contributed by atoms with Crippen LogP contribution in [0.5, 0.6) is 0 Å². The first-order chi connectivity index (χ1) is 9.08. The predicted octanol–water partition coefficient (Wildman–Crippen LogP) is 4.58. The average molecular weight is 315 g/mol. The summed E-state index contributed by atoms with van der Waals surface area (Å²) >= 11 is 17.9. The summed E-state index contributed by atoms with van der Waals surface area (Å²) in [5.41, 5.74) is 1.19. The van der Waals surface area contributed by atoms with Crippen LogP contribution in [-0.2, 0) is 6.54 Å². The number of hydrogen-bond acceptors (Lipinski definition) is 1. The van der Waals surface area contributed by atoms with Crippen LogP contribution >= 0.6 is 34.8 Å². The lowest BCUT2D eigenvalue weighted by molar-refractivity contribution is 0.0951. The maximum Gasteiger partial charge on any atom is 0.253 e. The number of benzene rings is 2. The fourth-order valence-electron chi connectivity index (χ4n) is 1.59. The molecule has 2 aromatic carbocycles. The second-order valence-corrected chi connectivity index (χ2v) is 5.15. The Hall–Kier alpha value is -1.22. The smallest absolute Gasteiger partial charge is 0.253 e. The van der Waals surface area contributed by atoms with Crippen molar-refractivity contribution in [3.05, 3.63) is 68.7 Å². The highest BCUT2D eigenvalue weighted by Crippen LogP contribution is 2.21. The Morgan fingerprint density at radius 3 is 2.47 bits per heavy atom. The van der Waals surface area contributed by atoms with E-state index in [1.54, 1.807) is 42.5 Å². The van der Waals surface area contributed by atoms with Gasteiger partial charge in [0, 0.05) is 16.6 Å². The molecule has 98 valence electrons. The molecule has 0 spiro atoms. The van der Waals surface area contributed by atoms with Crippen molar-refractivity contribution in [1.82, 2.24) is 5.32 Å². The Morgan fingerprint density at radius 2 is 1.74 bits per heavy atom. The first-order valence-electron chi connectivity index (χ1n) is 5.54. The fourth-order valence-corrected chi connectivity index (χ4v) is 2.20. The molecule has 1 N–H and O–H groups in total. The molecule has 0 saturated heterocycles. The van der Waals surface area contributed by atoms with Gasteiger partial charge in [-0.1, -0.05) is 46.9 Å². The van der Waals surface area contributed by atoms with Gasteiger partial charge >= 0.3 is 0 Å². The van der Waals surface area contributed by atoms with Crippen LogP contribution < -0.4 is 5.32 Å². The molecule has 0 aliphatic heterocycles. The van der Waals surface area contributed by atoms with Crippen molar-refractivity contribution < 1.29 is 4.79 Å². The molecule has 0 aliphatic carbocycles. The van der Waals surface area contributed by atoms with E-state index in [1.807, 2.05) is 0 Å². The van der Waals surface area contributed by atoms with E-state index < -0.39 is 0 Å². The minimum Gasteiger partial charge on any atom is -0.348 e. The van der Waals surface area contributed by atoms with Crippen molar-refractivity contribution in [3.63, 3.8) is 0 Å². The zero-order valence-corrected chi connectivity index (χ0v) is 12.1. The van der Waals surface area contributed by atoms with E-state index in [2.05, 4.69) is 5.32 Å². The van der Waals surface area contributed by atoms with E-state index >= 15 is 0 Å². The lowest BCUT2D eigenvalue weighted by Crippen LogP contribution is -2.23. The highest BCUT2D eigenvalue weighted by Gasteiger charge is 2.10. The largest absolute Gasteiger partial charge is 0.348 e. The van der Waals surface area contributed by atoms with Crippen molar-refractivity contribution in [1.29, 1.82) is 0 Å². The van der Waals surface area contributed by atoms with Crippen molar-refractivity contribution in [2.24, 2.45) is 0 Å². The summed E-state index contributed by atoms with van der Waals surface area (Å²) in [5, 5.41) is 4.31. The van der Waals surface area contributed by atoms with E-state index in [1.165, 1.54) is 0 Å². The van der Waals surface area contributed by atoms with Crippen LogP contribution in [0.2, 0.25) is 15.1 Å². The maximum atomic E-state index is 12.0. The summed E-state index contributed by atoms with van der Waals surface area (Å²) in [6.45, 7) is 0.295. The van der Waals surface area contributed by atoms with Gasteiger partial charge in [0.2, 0.25) is 0 Å². The van der Waals surface area contributed by atoms with Crippen LogP contribution in [0, 0.1) is 0 Å². The van der Waals surface area contributed by atoms with E-state index in [0.29, 0.717) is 27.2 Å². The molecule has 2 aromatic rings. The molecule has 2 rings (SSSR count). The van der Waals surface area contributed by atoms with Gasteiger partial charge < -0.3 is 5.32 Å². The van der Waals surface area contributed by atoms with Gasteiger partial charge in [0.05, 0.1) is 10.6 Å². The minimum absolute atomic E-state index is 0.248. The molecule has 0 aromatic heterocycles. The number of hydrogen-bond donors (Lipinski definition) is 1. The highest BCUT2D eigenvalue weighted by molar-refractivity contribution is 6.34. The second-order valence-electron chi connectivity index (χ2n) is 3.90. The van der Waals surface area contributed by atoms with Gasteiger partial charge in [-0.3, -0.25) is 4.79 Å². The van der Waals surface area contributed by atoms with Gasteiger partial charge in [-0.15, -0.1) is 0 Å².